The summed E-state index contributed by atoms with van der Waals surface area (Å²) in [6.45, 7) is 0. The maximum absolute atomic E-state index is 4.79. The molecular weight excluding hydrogens is 120 g/mol. The summed E-state index contributed by atoms with van der Waals surface area (Å²) < 4.78 is 4.79. The van der Waals surface area contributed by atoms with Crippen LogP contribution in [0.4, 0.5) is 11.7 Å². The first-order valence-electron chi connectivity index (χ1n) is 2.34. The van der Waals surface area contributed by atoms with E-state index in [1.807, 2.05) is 0 Å². The lowest BCUT2D eigenvalue weighted by Gasteiger charge is -1.75. The van der Waals surface area contributed by atoms with Gasteiger partial charge in [0.2, 0.25) is 0 Å². The molecule has 2 heterocycles. The predicted molar refractivity (Wildman–Crippen MR) is 28.9 cm³/mol. The van der Waals surface area contributed by atoms with Crippen LogP contribution in [0.1, 0.15) is 0 Å². The van der Waals surface area contributed by atoms with E-state index < -0.39 is 0 Å². The molecular formula is C4H2N4O+. The Bertz CT molecular complexity index is 247. The molecule has 1 radical (unpaired) electrons. The molecule has 0 aliphatic carbocycles. The minimum atomic E-state index is 0.421. The van der Waals surface area contributed by atoms with Gasteiger partial charge in [-0.15, -0.1) is 0 Å². The van der Waals surface area contributed by atoms with Crippen molar-refractivity contribution in [3.05, 3.63) is 6.39 Å². The van der Waals surface area contributed by atoms with Crippen molar-refractivity contribution < 1.29 is 4.42 Å². The van der Waals surface area contributed by atoms with Gasteiger partial charge in [-0.3, -0.25) is 0 Å². The summed E-state index contributed by atoms with van der Waals surface area (Å²) in [5, 5.41) is 7.13. The van der Waals surface area contributed by atoms with Crippen molar-refractivity contribution >= 4 is 18.0 Å². The lowest BCUT2D eigenvalue weighted by Crippen LogP contribution is -1.84. The van der Waals surface area contributed by atoms with Gasteiger partial charge >= 0.3 is 12.2 Å². The molecule has 0 fully saturated rings. The van der Waals surface area contributed by atoms with Gasteiger partial charge in [0.25, 0.3) is 5.82 Å². The largest absolute Gasteiger partial charge is 0.405 e. The first-order valence-corrected chi connectivity index (χ1v) is 2.34. The van der Waals surface area contributed by atoms with Crippen LogP contribution >= 0.6 is 0 Å². The maximum Gasteiger partial charge on any atom is 0.384 e. The van der Waals surface area contributed by atoms with Crippen LogP contribution in [0.5, 0.6) is 0 Å². The topological polar surface area (TPSA) is 64.8 Å². The molecule has 0 aromatic carbocycles. The Morgan fingerprint density at radius 1 is 1.56 bits per heavy atom. The van der Waals surface area contributed by atoms with Crippen molar-refractivity contribution in [1.82, 2.24) is 10.1 Å². The fourth-order valence-electron chi connectivity index (χ4n) is 0.550. The van der Waals surface area contributed by atoms with E-state index in [1.54, 1.807) is 0 Å². The van der Waals surface area contributed by atoms with Crippen molar-refractivity contribution in [2.24, 2.45) is 10.1 Å². The van der Waals surface area contributed by atoms with E-state index in [0.29, 0.717) is 11.7 Å². The first-order chi connectivity index (χ1) is 4.47. The molecule has 0 spiro atoms. The third kappa shape index (κ3) is 0.543. The zero-order valence-corrected chi connectivity index (χ0v) is 4.35. The number of nitrogens with zero attached hydrogens (tertiary/aromatic N) is 4. The molecule has 2 rings (SSSR count). The minimum absolute atomic E-state index is 0.421. The van der Waals surface area contributed by atoms with Crippen LogP contribution < -0.4 is 5.11 Å². The molecule has 5 heteroatoms. The van der Waals surface area contributed by atoms with Gasteiger partial charge < -0.3 is 4.42 Å². The van der Waals surface area contributed by atoms with Gasteiger partial charge in [-0.1, -0.05) is 0 Å². The van der Waals surface area contributed by atoms with E-state index in [-0.39, 0.29) is 0 Å². The van der Waals surface area contributed by atoms with E-state index >= 15 is 0 Å². The van der Waals surface area contributed by atoms with E-state index in [9.17, 15) is 0 Å². The molecule has 0 saturated heterocycles. The summed E-state index contributed by atoms with van der Waals surface area (Å²) in [6.07, 6.45) is 2.60. The smallest absolute Gasteiger partial charge is 0.384 e. The molecule has 0 amide bonds. The summed E-state index contributed by atoms with van der Waals surface area (Å²) in [5.74, 6) is 0.863. The van der Waals surface area contributed by atoms with E-state index in [4.69, 9.17) is 4.42 Å². The number of aliphatic imine (C=N–C) groups is 1. The van der Waals surface area contributed by atoms with Gasteiger partial charge in [-0.05, 0) is 5.11 Å². The first kappa shape index (κ1) is 4.37. The molecule has 1 aliphatic heterocycles. The zero-order chi connectivity index (χ0) is 6.10. The highest BCUT2D eigenvalue weighted by Gasteiger charge is 2.16. The summed E-state index contributed by atoms with van der Waals surface area (Å²) >= 11 is 0. The van der Waals surface area contributed by atoms with E-state index in [0.717, 1.165) is 0 Å². The van der Waals surface area contributed by atoms with Crippen molar-refractivity contribution in [3.8, 4) is 0 Å². The van der Waals surface area contributed by atoms with Crippen molar-refractivity contribution in [2.45, 2.75) is 0 Å². The van der Waals surface area contributed by atoms with Crippen molar-refractivity contribution in [3.63, 3.8) is 0 Å². The Kier molecular flexibility index (Phi) is 0.717. The van der Waals surface area contributed by atoms with Gasteiger partial charge in [-0.2, -0.15) is 4.98 Å². The summed E-state index contributed by atoms with van der Waals surface area (Å²) in [7, 11) is 0. The highest BCUT2D eigenvalue weighted by Crippen LogP contribution is 2.25. The molecule has 43 valence electrons. The molecule has 0 saturated carbocycles. The van der Waals surface area contributed by atoms with Crippen molar-refractivity contribution in [2.75, 3.05) is 0 Å². The fourth-order valence-corrected chi connectivity index (χ4v) is 0.550. The lowest BCUT2D eigenvalue weighted by molar-refractivity contribution is 0.567. The Labute approximate surface area is 50.1 Å². The molecule has 1 aliphatic rings. The molecule has 5 nitrogen and oxygen atoms in total. The normalized spacial score (nSPS) is 13.8. The molecule has 1 aromatic heterocycles. The van der Waals surface area contributed by atoms with Gasteiger partial charge in [0.05, 0.1) is 5.11 Å². The van der Waals surface area contributed by atoms with Gasteiger partial charge in [0.1, 0.15) is 0 Å². The Morgan fingerprint density at radius 3 is 3.44 bits per heavy atom. The van der Waals surface area contributed by atoms with Crippen LogP contribution in [-0.2, 0) is 0 Å². The Hall–Kier alpha value is -1.52. The fraction of sp³-hybridized carbons (Fsp3) is 0. The van der Waals surface area contributed by atoms with Crippen molar-refractivity contribution in [1.29, 1.82) is 0 Å². The number of hydrogen-bond acceptors (Lipinski definition) is 5. The number of oxazole rings is 1. The van der Waals surface area contributed by atoms with Crippen LogP contribution in [0, 0.1) is 0 Å². The lowest BCUT2D eigenvalue weighted by atomic mass is 10.7. The van der Waals surface area contributed by atoms with E-state index in [1.165, 1.54) is 12.7 Å². The molecule has 0 N–H and O–H groups in total. The monoisotopic (exact) mass is 122 g/mol. The number of rotatable bonds is 0. The summed E-state index contributed by atoms with van der Waals surface area (Å²) in [6, 6.07) is 0. The van der Waals surface area contributed by atoms with E-state index in [2.05, 4.69) is 20.2 Å². The highest BCUT2D eigenvalue weighted by molar-refractivity contribution is 5.64. The Morgan fingerprint density at radius 2 is 2.56 bits per heavy atom. The predicted octanol–water partition coefficient (Wildman–Crippen LogP) is 0.767. The maximum atomic E-state index is 4.79. The van der Waals surface area contributed by atoms with Crippen LogP contribution in [-0.4, -0.2) is 11.3 Å². The third-order valence-corrected chi connectivity index (χ3v) is 0.910. The molecule has 9 heavy (non-hydrogen) atoms. The van der Waals surface area contributed by atoms with Gasteiger partial charge in [-0.25, -0.2) is 0 Å². The average Bonchev–Trinajstić information content (AvgIpc) is 2.33. The second kappa shape index (κ2) is 1.48. The van der Waals surface area contributed by atoms with Crippen LogP contribution in [0.3, 0.4) is 0 Å². The number of fused-ring (bicyclic) bond motifs is 1. The molecule has 0 unspecified atom stereocenters. The zero-order valence-electron chi connectivity index (χ0n) is 4.35. The van der Waals surface area contributed by atoms with Crippen LogP contribution in [0.25, 0.3) is 0 Å². The standard InChI is InChI=1S/C4H2N4O/c1-5-4-3(8-7-1)6-2-9-4/h1-2H/q+1. The summed E-state index contributed by atoms with van der Waals surface area (Å²) in [4.78, 5) is 7.45. The SMILES string of the molecule is C1=Nc2ocnc2N=[N+]1. The number of azo groups is 1. The number of hydrogen-bond donors (Lipinski definition) is 0. The second-order valence-corrected chi connectivity index (χ2v) is 1.44. The Balaban J connectivity index is 2.68. The summed E-state index contributed by atoms with van der Waals surface area (Å²) in [5.41, 5.74) is 0. The van der Waals surface area contributed by atoms with Gasteiger partial charge in [0, 0.05) is 4.99 Å². The van der Waals surface area contributed by atoms with Crippen LogP contribution in [0.15, 0.2) is 20.9 Å². The third-order valence-electron chi connectivity index (χ3n) is 0.910. The van der Waals surface area contributed by atoms with Gasteiger partial charge in [0.15, 0.2) is 6.39 Å². The highest BCUT2D eigenvalue weighted by atomic mass is 16.4. The quantitative estimate of drug-likeness (QED) is 0.510. The molecule has 0 atom stereocenters. The minimum Gasteiger partial charge on any atom is -0.405 e. The second-order valence-electron chi connectivity index (χ2n) is 1.44. The molecule has 0 bridgehead atoms. The van der Waals surface area contributed by atoms with Crippen LogP contribution in [0.2, 0.25) is 0 Å². The number of aromatic nitrogens is 1. The average molecular weight is 122 g/mol. The molecule has 1 aromatic rings.